The molecule has 266 valence electrons. The van der Waals surface area contributed by atoms with Crippen molar-refractivity contribution in [2.24, 2.45) is 14.0 Å². The highest BCUT2D eigenvalue weighted by Gasteiger charge is 2.33. The third-order valence-corrected chi connectivity index (χ3v) is 13.1. The van der Waals surface area contributed by atoms with E-state index in [1.165, 1.54) is 0 Å². The molecule has 6 aromatic rings. The van der Waals surface area contributed by atoms with Crippen LogP contribution in [0.4, 0.5) is 0 Å². The second kappa shape index (κ2) is 19.4. The molecule has 0 fully saturated rings. The van der Waals surface area contributed by atoms with Crippen molar-refractivity contribution in [1.82, 2.24) is 0 Å². The van der Waals surface area contributed by atoms with Gasteiger partial charge in [-0.15, -0.1) is 4.52 Å². The molecule has 0 N–H and O–H groups in total. The molecule has 0 heterocycles. The molecule has 12 heteroatoms. The van der Waals surface area contributed by atoms with Gasteiger partial charge in [0.2, 0.25) is 0 Å². The third kappa shape index (κ3) is 11.4. The third-order valence-electron chi connectivity index (χ3n) is 7.04. The first kappa shape index (κ1) is 36.6. The summed E-state index contributed by atoms with van der Waals surface area (Å²) in [5.74, 6) is 2.85. The summed E-state index contributed by atoms with van der Waals surface area (Å²) in [4.78, 5) is 0. The number of para-hydroxylation sites is 6. The van der Waals surface area contributed by atoms with Gasteiger partial charge in [-0.3, -0.25) is 4.74 Å². The molecule has 6 rings (SSSR count). The number of nitrogens with zero attached hydrogens (tertiary/aromatic N) is 3. The lowest BCUT2D eigenvalue weighted by Crippen LogP contribution is -2.16. The minimum Gasteiger partial charge on any atom is -0.491 e. The molecule has 0 amide bonds. The molecule has 0 bridgehead atoms. The number of hydrogen-bond donors (Lipinski definition) is 0. The molecule has 9 nitrogen and oxygen atoms in total. The summed E-state index contributed by atoms with van der Waals surface area (Å²) in [6.07, 6.45) is 0. The second-order valence-electron chi connectivity index (χ2n) is 11.0. The van der Waals surface area contributed by atoms with Crippen LogP contribution in [0.2, 0.25) is 0 Å². The van der Waals surface area contributed by atoms with Gasteiger partial charge >= 0.3 is 15.8 Å². The lowest BCUT2D eigenvalue weighted by Gasteiger charge is -2.26. The van der Waals surface area contributed by atoms with Crippen LogP contribution in [0.15, 0.2) is 196 Å². The van der Waals surface area contributed by atoms with E-state index in [-0.39, 0.29) is 6.61 Å². The van der Waals surface area contributed by atoms with Crippen molar-refractivity contribution in [2.45, 2.75) is 12.7 Å². The molecular weight excluding hydrogens is 711 g/mol. The van der Waals surface area contributed by atoms with Gasteiger partial charge in [0.05, 0.1) is 0 Å². The summed E-state index contributed by atoms with van der Waals surface area (Å²) < 4.78 is 55.4. The molecule has 0 saturated carbocycles. The fraction of sp³-hybridized carbons (Fsp3) is 0.100. The zero-order valence-corrected chi connectivity index (χ0v) is 31.4. The van der Waals surface area contributed by atoms with E-state index >= 15 is 0 Å². The van der Waals surface area contributed by atoms with E-state index in [9.17, 15) is 0 Å². The smallest absolute Gasteiger partial charge is 0.449 e. The Morgan fingerprint density at radius 2 is 0.846 bits per heavy atom. The monoisotopic (exact) mass is 751 g/mol. The van der Waals surface area contributed by atoms with E-state index in [1.54, 1.807) is 0 Å². The first-order valence-electron chi connectivity index (χ1n) is 16.8. The van der Waals surface area contributed by atoms with Gasteiger partial charge in [-0.1, -0.05) is 109 Å². The summed E-state index contributed by atoms with van der Waals surface area (Å²) in [6.45, 7) is 2.59. The Hall–Kier alpha value is -5.19. The van der Waals surface area contributed by atoms with Gasteiger partial charge in [0, 0.05) is 6.54 Å². The Balaban J connectivity index is 1.57. The predicted octanol–water partition coefficient (Wildman–Crippen LogP) is 12.3. The normalized spacial score (nSPS) is 12.3. The van der Waals surface area contributed by atoms with E-state index in [0.29, 0.717) is 41.0 Å². The van der Waals surface area contributed by atoms with Gasteiger partial charge in [0.25, 0.3) is 0 Å². The van der Waals surface area contributed by atoms with E-state index in [2.05, 4.69) is 0 Å². The molecule has 6 aromatic carbocycles. The van der Waals surface area contributed by atoms with Crippen molar-refractivity contribution in [2.75, 3.05) is 13.2 Å². The molecule has 0 aliphatic rings. The topological polar surface area (TPSA) is 92.5 Å². The highest BCUT2D eigenvalue weighted by Crippen LogP contribution is 2.60. The van der Waals surface area contributed by atoms with Crippen molar-refractivity contribution in [3.05, 3.63) is 182 Å². The van der Waals surface area contributed by atoms with Crippen LogP contribution in [0.25, 0.3) is 0 Å². The molecule has 2 unspecified atom stereocenters. The maximum absolute atomic E-state index is 6.86. The summed E-state index contributed by atoms with van der Waals surface area (Å²) in [5, 5.41) is 0. The van der Waals surface area contributed by atoms with Gasteiger partial charge in [0.1, 0.15) is 49.0 Å². The van der Waals surface area contributed by atoms with Crippen molar-refractivity contribution in [1.29, 1.82) is 0 Å². The molecule has 52 heavy (non-hydrogen) atoms. The molecule has 0 aliphatic carbocycles. The number of benzene rings is 6. The molecular formula is C40H40N3O6P3. The van der Waals surface area contributed by atoms with Crippen molar-refractivity contribution >= 4 is 23.8 Å². The molecule has 0 aromatic heterocycles. The van der Waals surface area contributed by atoms with Crippen LogP contribution < -0.4 is 27.4 Å². The van der Waals surface area contributed by atoms with Crippen LogP contribution in [0, 0.1) is 0 Å². The minimum atomic E-state index is -3.78. The molecule has 0 aliphatic heterocycles. The van der Waals surface area contributed by atoms with Crippen LogP contribution in [-0.2, 0) is 0 Å². The molecule has 0 radical (unpaired) electrons. The Morgan fingerprint density at radius 1 is 0.481 bits per heavy atom. The zero-order chi connectivity index (χ0) is 35.7. The van der Waals surface area contributed by atoms with Gasteiger partial charge in [-0.25, -0.2) is 0 Å². The van der Waals surface area contributed by atoms with Crippen LogP contribution in [0.1, 0.15) is 6.92 Å². The van der Waals surface area contributed by atoms with E-state index in [1.807, 2.05) is 189 Å². The average molecular weight is 752 g/mol. The molecule has 0 saturated heterocycles. The Morgan fingerprint density at radius 3 is 1.25 bits per heavy atom. The largest absolute Gasteiger partial charge is 0.491 e. The predicted molar refractivity (Wildman–Crippen MR) is 212 cm³/mol. The summed E-state index contributed by atoms with van der Waals surface area (Å²) >= 11 is 0. The van der Waals surface area contributed by atoms with Gasteiger partial charge in [0.15, 0.2) is 5.78 Å². The summed E-state index contributed by atoms with van der Waals surface area (Å²) in [5.41, 5.74) is 0. The van der Waals surface area contributed by atoms with Crippen LogP contribution in [0.3, 0.4) is 0 Å². The number of rotatable bonds is 17. The lowest BCUT2D eigenvalue weighted by molar-refractivity contribution is 0.313. The summed E-state index contributed by atoms with van der Waals surface area (Å²) in [6, 6.07) is 56.7. The van der Waals surface area contributed by atoms with E-state index in [0.717, 1.165) is 0 Å². The highest BCUT2D eigenvalue weighted by atomic mass is 31.2. The lowest BCUT2D eigenvalue weighted by atomic mass is 10.3. The Bertz CT molecular complexity index is 1970. The standard InChI is InChI=1S/C40H40N3O6P3/c1-2-41-50(45-35-23-11-4-12-24-35)40(33-44-34-21-9-3-10-22-34)42-52(48-38-29-17-7-18-30-38,49-39-31-19-8-20-32-39)43-51(46-36-25-13-5-14-26-36)47-37-27-15-6-16-28-37/h3-32,40,50-51H,2,33H2,1H3. The van der Waals surface area contributed by atoms with Crippen molar-refractivity contribution < 1.29 is 27.4 Å². The zero-order valence-electron chi connectivity index (χ0n) is 28.6. The highest BCUT2D eigenvalue weighted by molar-refractivity contribution is 7.62. The van der Waals surface area contributed by atoms with Gasteiger partial charge in [-0.05, 0) is 79.7 Å². The van der Waals surface area contributed by atoms with Crippen LogP contribution in [-0.4, -0.2) is 18.9 Å². The fourth-order valence-corrected chi connectivity index (χ4v) is 10.6. The van der Waals surface area contributed by atoms with Crippen LogP contribution in [0.5, 0.6) is 34.5 Å². The molecule has 2 atom stereocenters. The Labute approximate surface area is 306 Å². The first-order valence-corrected chi connectivity index (χ1v) is 21.0. The minimum absolute atomic E-state index is 0.114. The number of hydrogen-bond acceptors (Lipinski definition) is 8. The van der Waals surface area contributed by atoms with E-state index in [4.69, 9.17) is 41.4 Å². The molecule has 0 spiro atoms. The Kier molecular flexibility index (Phi) is 13.7. The maximum atomic E-state index is 6.86. The maximum Gasteiger partial charge on any atom is 0.449 e. The first-order chi connectivity index (χ1) is 25.7. The van der Waals surface area contributed by atoms with Crippen molar-refractivity contribution in [3.8, 4) is 34.5 Å². The van der Waals surface area contributed by atoms with E-state index < -0.39 is 29.5 Å². The number of ether oxygens (including phenoxy) is 1. The average Bonchev–Trinajstić information content (AvgIpc) is 3.19. The van der Waals surface area contributed by atoms with Gasteiger partial charge in [-0.2, -0.15) is 4.74 Å². The van der Waals surface area contributed by atoms with Crippen molar-refractivity contribution in [3.63, 3.8) is 0 Å². The van der Waals surface area contributed by atoms with Gasteiger partial charge < -0.3 is 27.4 Å². The fourth-order valence-electron chi connectivity index (χ4n) is 4.71. The quantitative estimate of drug-likeness (QED) is 0.0862. The second-order valence-corrected chi connectivity index (χ2v) is 16.2. The SMILES string of the molecule is CC/N=[PH](/Oc1ccccc1)C(COc1ccccc1)N=P(N=[PH](Oc1ccccc1)Oc1ccccc1)(Oc1ccccc1)Oc1ccccc1. The van der Waals surface area contributed by atoms with Crippen LogP contribution >= 0.6 is 23.8 Å². The summed E-state index contributed by atoms with van der Waals surface area (Å²) in [7, 11) is -8.55.